The molecular formula is C26H27N5O3. The van der Waals surface area contributed by atoms with Crippen LogP contribution in [0, 0.1) is 0 Å². The van der Waals surface area contributed by atoms with Gasteiger partial charge in [-0.05, 0) is 18.2 Å². The number of hydrogen-bond acceptors (Lipinski definition) is 7. The van der Waals surface area contributed by atoms with E-state index in [4.69, 9.17) is 4.74 Å². The van der Waals surface area contributed by atoms with Crippen LogP contribution in [-0.2, 0) is 0 Å². The number of aliphatic hydroxyl groups is 1. The second-order valence-corrected chi connectivity index (χ2v) is 8.32. The predicted octanol–water partition coefficient (Wildman–Crippen LogP) is 3.07. The van der Waals surface area contributed by atoms with Gasteiger partial charge >= 0.3 is 0 Å². The summed E-state index contributed by atoms with van der Waals surface area (Å²) < 4.78 is 5.61. The van der Waals surface area contributed by atoms with Crippen molar-refractivity contribution >= 4 is 22.6 Å². The van der Waals surface area contributed by atoms with Gasteiger partial charge in [0.1, 0.15) is 11.9 Å². The van der Waals surface area contributed by atoms with Gasteiger partial charge in [0, 0.05) is 66.8 Å². The van der Waals surface area contributed by atoms with E-state index in [0.717, 1.165) is 16.5 Å². The van der Waals surface area contributed by atoms with Crippen LogP contribution in [-0.4, -0.2) is 70.1 Å². The third-order valence-corrected chi connectivity index (χ3v) is 6.42. The molecule has 174 valence electrons. The number of nitrogens with one attached hydrogen (secondary N) is 1. The Balaban J connectivity index is 1.46. The second kappa shape index (κ2) is 9.62. The van der Waals surface area contributed by atoms with Crippen LogP contribution < -0.4 is 9.64 Å². The van der Waals surface area contributed by atoms with E-state index in [1.807, 2.05) is 48.5 Å². The van der Waals surface area contributed by atoms with E-state index in [0.29, 0.717) is 43.4 Å². The molecule has 0 amide bonds. The fraction of sp³-hybridized carbons (Fsp3) is 0.269. The molecule has 1 aliphatic heterocycles. The van der Waals surface area contributed by atoms with E-state index in [-0.39, 0.29) is 5.78 Å². The number of aliphatic hydroxyl groups excluding tert-OH is 1. The highest BCUT2D eigenvalue weighted by Crippen LogP contribution is 2.35. The van der Waals surface area contributed by atoms with E-state index < -0.39 is 12.1 Å². The second-order valence-electron chi connectivity index (χ2n) is 8.32. The van der Waals surface area contributed by atoms with Crippen LogP contribution in [0.3, 0.4) is 0 Å². The maximum Gasteiger partial charge on any atom is 0.225 e. The molecule has 0 bridgehead atoms. The highest BCUT2D eigenvalue weighted by molar-refractivity contribution is 6.10. The highest BCUT2D eigenvalue weighted by Gasteiger charge is 2.37. The first-order valence-corrected chi connectivity index (χ1v) is 11.3. The summed E-state index contributed by atoms with van der Waals surface area (Å²) in [5.74, 6) is 1.01. The Hall–Kier alpha value is -3.75. The van der Waals surface area contributed by atoms with E-state index in [2.05, 4.69) is 24.8 Å². The minimum absolute atomic E-state index is 0.317. The molecule has 0 spiro atoms. The average Bonchev–Trinajstić information content (AvgIpc) is 3.34. The Morgan fingerprint density at radius 3 is 2.47 bits per heavy atom. The van der Waals surface area contributed by atoms with Crippen LogP contribution in [0.2, 0.25) is 0 Å². The largest absolute Gasteiger partial charge is 0.496 e. The Morgan fingerprint density at radius 1 is 1.00 bits per heavy atom. The number of carbonyl (C=O) groups excluding carboxylic acids is 1. The Bertz CT molecular complexity index is 1270. The van der Waals surface area contributed by atoms with Gasteiger partial charge in [-0.3, -0.25) is 9.69 Å². The first-order chi connectivity index (χ1) is 16.7. The zero-order chi connectivity index (χ0) is 23.5. The summed E-state index contributed by atoms with van der Waals surface area (Å²) in [7, 11) is 1.61. The number of ether oxygens (including phenoxy) is 1. The number of methoxy groups -OCH3 is 1. The molecule has 8 heteroatoms. The number of carbonyl (C=O) groups is 1. The van der Waals surface area contributed by atoms with Gasteiger partial charge in [-0.15, -0.1) is 0 Å². The van der Waals surface area contributed by atoms with Gasteiger partial charge in [0.05, 0.1) is 13.2 Å². The van der Waals surface area contributed by atoms with Gasteiger partial charge in [0.2, 0.25) is 5.95 Å². The fourth-order valence-electron chi connectivity index (χ4n) is 4.71. The average molecular weight is 458 g/mol. The summed E-state index contributed by atoms with van der Waals surface area (Å²) in [4.78, 5) is 29.7. The number of Topliss-reactive ketones (excluding diaryl/α,β-unsaturated/α-hetero) is 1. The van der Waals surface area contributed by atoms with Gasteiger partial charge in [0.25, 0.3) is 0 Å². The Labute approximate surface area is 197 Å². The molecule has 2 atom stereocenters. The number of piperazine rings is 1. The van der Waals surface area contributed by atoms with Crippen molar-refractivity contribution in [2.45, 2.75) is 12.1 Å². The molecule has 0 aliphatic carbocycles. The van der Waals surface area contributed by atoms with Crippen molar-refractivity contribution in [1.82, 2.24) is 19.9 Å². The molecule has 0 saturated carbocycles. The molecule has 2 aromatic heterocycles. The van der Waals surface area contributed by atoms with Crippen molar-refractivity contribution in [3.8, 4) is 5.75 Å². The maximum atomic E-state index is 13.6. The number of rotatable bonds is 7. The molecule has 0 unspecified atom stereocenters. The van der Waals surface area contributed by atoms with Crippen molar-refractivity contribution < 1.29 is 14.6 Å². The fourth-order valence-corrected chi connectivity index (χ4v) is 4.71. The number of fused-ring (bicyclic) bond motifs is 1. The van der Waals surface area contributed by atoms with Crippen LogP contribution in [0.1, 0.15) is 22.0 Å². The lowest BCUT2D eigenvalue weighted by molar-refractivity contribution is 0.0358. The standard InChI is InChI=1S/C26H27N5O3/c1-34-22-10-5-3-8-19(22)23(30-13-15-31(16-14-30)26-27-11-6-12-28-26)25(33)24(32)20-17-29-21-9-4-2-7-18(20)21/h2-12,17,23,25,29,33H,13-16H2,1H3/t23-,25-/m0/s1. The molecule has 4 aromatic rings. The Kier molecular flexibility index (Phi) is 6.24. The van der Waals surface area contributed by atoms with Gasteiger partial charge in [0.15, 0.2) is 5.78 Å². The smallest absolute Gasteiger partial charge is 0.225 e. The van der Waals surface area contributed by atoms with E-state index in [1.54, 1.807) is 31.8 Å². The summed E-state index contributed by atoms with van der Waals surface area (Å²) in [6.45, 7) is 2.64. The number of nitrogens with zero attached hydrogens (tertiary/aromatic N) is 4. The van der Waals surface area contributed by atoms with E-state index >= 15 is 0 Å². The lowest BCUT2D eigenvalue weighted by Gasteiger charge is -2.41. The molecule has 2 aromatic carbocycles. The summed E-state index contributed by atoms with van der Waals surface area (Å²) in [6.07, 6.45) is 3.88. The van der Waals surface area contributed by atoms with Crippen LogP contribution >= 0.6 is 0 Å². The number of benzene rings is 2. The number of aromatic nitrogens is 3. The maximum absolute atomic E-state index is 13.6. The third-order valence-electron chi connectivity index (χ3n) is 6.42. The third kappa shape index (κ3) is 4.13. The number of H-pyrrole nitrogens is 1. The number of aromatic amines is 1. The van der Waals surface area contributed by atoms with Crippen LogP contribution in [0.15, 0.2) is 73.2 Å². The van der Waals surface area contributed by atoms with E-state index in [1.165, 1.54) is 0 Å². The minimum atomic E-state index is -1.27. The number of para-hydroxylation sites is 2. The molecule has 1 saturated heterocycles. The molecule has 2 N–H and O–H groups in total. The normalized spacial score (nSPS) is 16.4. The van der Waals surface area contributed by atoms with Gasteiger partial charge in [-0.25, -0.2) is 9.97 Å². The lowest BCUT2D eigenvalue weighted by atomic mass is 9.92. The molecule has 34 heavy (non-hydrogen) atoms. The molecule has 3 heterocycles. The van der Waals surface area contributed by atoms with Crippen LogP contribution in [0.4, 0.5) is 5.95 Å². The van der Waals surface area contributed by atoms with Crippen molar-refractivity contribution in [1.29, 1.82) is 0 Å². The summed E-state index contributed by atoms with van der Waals surface area (Å²) >= 11 is 0. The molecule has 8 nitrogen and oxygen atoms in total. The molecular weight excluding hydrogens is 430 g/mol. The highest BCUT2D eigenvalue weighted by atomic mass is 16.5. The van der Waals surface area contributed by atoms with Crippen molar-refractivity contribution in [2.24, 2.45) is 0 Å². The number of hydrogen-bond donors (Lipinski definition) is 2. The van der Waals surface area contributed by atoms with Crippen LogP contribution in [0.5, 0.6) is 5.75 Å². The monoisotopic (exact) mass is 457 g/mol. The molecule has 0 radical (unpaired) electrons. The number of anilines is 1. The zero-order valence-electron chi connectivity index (χ0n) is 19.0. The predicted molar refractivity (Wildman–Crippen MR) is 130 cm³/mol. The van der Waals surface area contributed by atoms with E-state index in [9.17, 15) is 9.90 Å². The summed E-state index contributed by atoms with van der Waals surface area (Å²) in [6, 6.07) is 16.4. The Morgan fingerprint density at radius 2 is 1.71 bits per heavy atom. The zero-order valence-corrected chi connectivity index (χ0v) is 19.0. The van der Waals surface area contributed by atoms with Crippen molar-refractivity contribution in [3.63, 3.8) is 0 Å². The molecule has 5 rings (SSSR count). The number of ketones is 1. The van der Waals surface area contributed by atoms with Gasteiger partial charge in [-0.1, -0.05) is 36.4 Å². The molecule has 1 fully saturated rings. The molecule has 1 aliphatic rings. The topological polar surface area (TPSA) is 94.6 Å². The first kappa shape index (κ1) is 22.1. The summed E-state index contributed by atoms with van der Waals surface area (Å²) in [5, 5.41) is 12.3. The summed E-state index contributed by atoms with van der Waals surface area (Å²) in [5.41, 5.74) is 2.14. The minimum Gasteiger partial charge on any atom is -0.496 e. The van der Waals surface area contributed by atoms with Crippen LogP contribution in [0.25, 0.3) is 10.9 Å². The van der Waals surface area contributed by atoms with Gasteiger partial charge in [-0.2, -0.15) is 0 Å². The SMILES string of the molecule is COc1ccccc1[C@@H]([C@H](O)C(=O)c1c[nH]c2ccccc12)N1CCN(c2ncccn2)CC1. The van der Waals surface area contributed by atoms with Crippen molar-refractivity contribution in [3.05, 3.63) is 84.3 Å². The first-order valence-electron chi connectivity index (χ1n) is 11.3. The lowest BCUT2D eigenvalue weighted by Crippen LogP contribution is -2.51. The van der Waals surface area contributed by atoms with Crippen molar-refractivity contribution in [2.75, 3.05) is 38.2 Å². The van der Waals surface area contributed by atoms with Gasteiger partial charge < -0.3 is 19.7 Å². The quantitative estimate of drug-likeness (QED) is 0.412.